The minimum Gasteiger partial charge on any atom is -0.481 e. The quantitative estimate of drug-likeness (QED) is 0.493. The van der Waals surface area contributed by atoms with E-state index in [4.69, 9.17) is 21.1 Å². The average molecular weight is 487 g/mol. The first kappa shape index (κ1) is 22.7. The number of halogens is 2. The lowest BCUT2D eigenvalue weighted by Gasteiger charge is -2.39. The van der Waals surface area contributed by atoms with E-state index in [2.05, 4.69) is 25.3 Å². The second-order valence-electron chi connectivity index (χ2n) is 9.19. The summed E-state index contributed by atoms with van der Waals surface area (Å²) in [6, 6.07) is 8.68. The molecule has 0 radical (unpaired) electrons. The smallest absolute Gasteiger partial charge is 0.322 e. The van der Waals surface area contributed by atoms with Crippen molar-refractivity contribution in [2.75, 3.05) is 30.4 Å². The minimum absolute atomic E-state index is 0.0160. The Balaban J connectivity index is 1.32. The molecule has 5 rings (SSSR count). The van der Waals surface area contributed by atoms with E-state index in [0.717, 1.165) is 31.6 Å². The number of ether oxygens (including phenoxy) is 2. The summed E-state index contributed by atoms with van der Waals surface area (Å²) < 4.78 is 26.6. The Morgan fingerprint density at radius 3 is 2.59 bits per heavy atom. The highest BCUT2D eigenvalue weighted by Gasteiger charge is 2.42. The van der Waals surface area contributed by atoms with Crippen LogP contribution in [0.2, 0.25) is 5.02 Å². The fraction of sp³-hybridized carbons (Fsp3) is 0.458. The van der Waals surface area contributed by atoms with Crippen molar-refractivity contribution < 1.29 is 13.9 Å². The number of benzene rings is 1. The van der Waals surface area contributed by atoms with Gasteiger partial charge in [-0.1, -0.05) is 11.6 Å². The average Bonchev–Trinajstić information content (AvgIpc) is 3.29. The highest BCUT2D eigenvalue weighted by molar-refractivity contribution is 6.30. The zero-order chi connectivity index (χ0) is 23.8. The van der Waals surface area contributed by atoms with Crippen molar-refractivity contribution in [3.05, 3.63) is 47.4 Å². The van der Waals surface area contributed by atoms with Crippen LogP contribution in [-0.2, 0) is 0 Å². The molecular weight excluding hydrogens is 459 g/mol. The summed E-state index contributed by atoms with van der Waals surface area (Å²) >= 11 is 5.98. The highest BCUT2D eigenvalue weighted by Crippen LogP contribution is 2.40. The molecule has 2 bridgehead atoms. The molecule has 2 fully saturated rings. The number of hydrogen-bond acceptors (Lipinski definition) is 7. The third-order valence-corrected chi connectivity index (χ3v) is 6.77. The van der Waals surface area contributed by atoms with Crippen LogP contribution in [0.4, 0.5) is 16.0 Å². The van der Waals surface area contributed by atoms with Crippen molar-refractivity contribution in [2.24, 2.45) is 11.8 Å². The van der Waals surface area contributed by atoms with Gasteiger partial charge in [-0.15, -0.1) is 5.10 Å². The zero-order valence-corrected chi connectivity index (χ0v) is 20.2. The lowest BCUT2D eigenvalue weighted by atomic mass is 9.92. The van der Waals surface area contributed by atoms with E-state index < -0.39 is 5.82 Å². The van der Waals surface area contributed by atoms with Crippen LogP contribution in [0.5, 0.6) is 17.6 Å². The Bertz CT molecular complexity index is 1140. The van der Waals surface area contributed by atoms with Crippen molar-refractivity contribution in [1.82, 2.24) is 19.7 Å². The van der Waals surface area contributed by atoms with Crippen molar-refractivity contribution in [2.45, 2.75) is 38.8 Å². The van der Waals surface area contributed by atoms with Crippen LogP contribution in [0, 0.1) is 17.7 Å². The predicted molar refractivity (Wildman–Crippen MR) is 129 cm³/mol. The Morgan fingerprint density at radius 1 is 1.15 bits per heavy atom. The molecule has 34 heavy (non-hydrogen) atoms. The Morgan fingerprint density at radius 2 is 1.91 bits per heavy atom. The molecule has 2 aromatic heterocycles. The van der Waals surface area contributed by atoms with Gasteiger partial charge in [-0.05, 0) is 56.7 Å². The summed E-state index contributed by atoms with van der Waals surface area (Å²) in [5.41, 5.74) is 1.13. The maximum absolute atomic E-state index is 13.8. The number of hydrogen-bond donors (Lipinski definition) is 1. The summed E-state index contributed by atoms with van der Waals surface area (Å²) in [6.07, 6.45) is 4.09. The van der Waals surface area contributed by atoms with Gasteiger partial charge in [0.25, 0.3) is 0 Å². The van der Waals surface area contributed by atoms with Gasteiger partial charge in [0, 0.05) is 48.2 Å². The Hall–Kier alpha value is -3.07. The summed E-state index contributed by atoms with van der Waals surface area (Å²) in [5, 5.41) is 8.48. The van der Waals surface area contributed by atoms with Gasteiger partial charge in [0.2, 0.25) is 11.8 Å². The third kappa shape index (κ3) is 4.61. The normalized spacial score (nSPS) is 21.7. The third-order valence-electron chi connectivity index (χ3n) is 6.56. The standard InChI is InChI=1S/C24H28ClFN6O2/c1-14(2)32-24(34-20-9-17(25)8-18(26)10-20)29-23(30-32)28-22-15-4-5-16(22)13-31(12-15)19-6-7-27-21(11-19)33-3/h6-11,14-16,22H,4-5,12-13H2,1-3H3,(H,28,30)/t15-,16+,22-. The van der Waals surface area contributed by atoms with E-state index in [0.29, 0.717) is 29.7 Å². The molecule has 1 aliphatic carbocycles. The SMILES string of the molecule is COc1cc(N2C[C@H]3CC[C@@H](C2)[C@@H]3Nc2nc(Oc3cc(F)cc(Cl)c3)n(C(C)C)n2)ccn1. The van der Waals surface area contributed by atoms with Crippen molar-refractivity contribution >= 4 is 23.2 Å². The molecule has 0 spiro atoms. The molecule has 3 heterocycles. The molecule has 1 saturated heterocycles. The van der Waals surface area contributed by atoms with Gasteiger partial charge in [0.15, 0.2) is 0 Å². The van der Waals surface area contributed by atoms with Gasteiger partial charge in [0.1, 0.15) is 11.6 Å². The molecule has 3 atom stereocenters. The molecule has 180 valence electrons. The minimum atomic E-state index is -0.466. The summed E-state index contributed by atoms with van der Waals surface area (Å²) in [6.45, 7) is 5.87. The Labute approximate surface area is 203 Å². The summed E-state index contributed by atoms with van der Waals surface area (Å²) in [7, 11) is 1.64. The van der Waals surface area contributed by atoms with Crippen LogP contribution in [0.1, 0.15) is 32.7 Å². The molecule has 1 aliphatic heterocycles. The first-order valence-electron chi connectivity index (χ1n) is 11.5. The van der Waals surface area contributed by atoms with Crippen molar-refractivity contribution in [3.8, 4) is 17.6 Å². The van der Waals surface area contributed by atoms with Gasteiger partial charge in [-0.3, -0.25) is 0 Å². The van der Waals surface area contributed by atoms with E-state index in [9.17, 15) is 4.39 Å². The molecule has 8 nitrogen and oxygen atoms in total. The van der Waals surface area contributed by atoms with E-state index in [1.54, 1.807) is 24.1 Å². The molecule has 2 aliphatic rings. The van der Waals surface area contributed by atoms with Crippen molar-refractivity contribution in [3.63, 3.8) is 0 Å². The molecule has 10 heteroatoms. The molecule has 3 aromatic rings. The first-order valence-corrected chi connectivity index (χ1v) is 11.9. The number of fused-ring (bicyclic) bond motifs is 2. The summed E-state index contributed by atoms with van der Waals surface area (Å²) in [5.74, 6) is 1.90. The number of pyridine rings is 1. The fourth-order valence-corrected chi connectivity index (χ4v) is 5.21. The number of rotatable bonds is 7. The van der Waals surface area contributed by atoms with Crippen LogP contribution in [-0.4, -0.2) is 46.0 Å². The highest BCUT2D eigenvalue weighted by atomic mass is 35.5. The van der Waals surface area contributed by atoms with Crippen LogP contribution < -0.4 is 19.7 Å². The van der Waals surface area contributed by atoms with E-state index in [1.807, 2.05) is 26.0 Å². The van der Waals surface area contributed by atoms with Crippen LogP contribution in [0.15, 0.2) is 36.5 Å². The number of anilines is 2. The molecule has 1 aromatic carbocycles. The molecular formula is C24H28ClFN6O2. The Kier molecular flexibility index (Phi) is 6.20. The predicted octanol–water partition coefficient (Wildman–Crippen LogP) is 5.17. The van der Waals surface area contributed by atoms with E-state index >= 15 is 0 Å². The van der Waals surface area contributed by atoms with Crippen LogP contribution >= 0.6 is 11.6 Å². The van der Waals surface area contributed by atoms with Gasteiger partial charge < -0.3 is 19.7 Å². The number of methoxy groups -OCH3 is 1. The van der Waals surface area contributed by atoms with E-state index in [1.165, 1.54) is 12.1 Å². The number of nitrogens with zero attached hydrogens (tertiary/aromatic N) is 5. The van der Waals surface area contributed by atoms with Gasteiger partial charge in [0.05, 0.1) is 13.2 Å². The molecule has 1 saturated carbocycles. The molecule has 0 amide bonds. The van der Waals surface area contributed by atoms with Gasteiger partial charge in [-0.2, -0.15) is 4.98 Å². The first-order chi connectivity index (χ1) is 16.4. The lowest BCUT2D eigenvalue weighted by Crippen LogP contribution is -2.48. The number of aromatic nitrogens is 4. The van der Waals surface area contributed by atoms with Gasteiger partial charge >= 0.3 is 6.01 Å². The maximum atomic E-state index is 13.8. The lowest BCUT2D eigenvalue weighted by molar-refractivity contribution is 0.372. The number of nitrogens with one attached hydrogen (secondary N) is 1. The van der Waals surface area contributed by atoms with E-state index in [-0.39, 0.29) is 22.9 Å². The number of piperidine rings is 1. The molecule has 1 N–H and O–H groups in total. The second-order valence-corrected chi connectivity index (χ2v) is 9.63. The molecule has 0 unspecified atom stereocenters. The summed E-state index contributed by atoms with van der Waals surface area (Å²) in [4.78, 5) is 11.2. The topological polar surface area (TPSA) is 77.3 Å². The largest absolute Gasteiger partial charge is 0.481 e. The van der Waals surface area contributed by atoms with Crippen LogP contribution in [0.3, 0.4) is 0 Å². The second kappa shape index (κ2) is 9.29. The fourth-order valence-electron chi connectivity index (χ4n) is 4.99. The van der Waals surface area contributed by atoms with Crippen molar-refractivity contribution in [1.29, 1.82) is 0 Å². The van der Waals surface area contributed by atoms with Crippen LogP contribution in [0.25, 0.3) is 0 Å². The maximum Gasteiger partial charge on any atom is 0.322 e. The monoisotopic (exact) mass is 486 g/mol. The zero-order valence-electron chi connectivity index (χ0n) is 19.4. The van der Waals surface area contributed by atoms with Gasteiger partial charge in [-0.25, -0.2) is 14.1 Å².